The van der Waals surface area contributed by atoms with Gasteiger partial charge >= 0.3 is 0 Å². The van der Waals surface area contributed by atoms with Gasteiger partial charge < -0.3 is 4.90 Å². The molecule has 0 saturated heterocycles. The quantitative estimate of drug-likeness (QED) is 0.821. The Labute approximate surface area is 105 Å². The summed E-state index contributed by atoms with van der Waals surface area (Å²) in [4.78, 5) is 2.18. The lowest BCUT2D eigenvalue weighted by Crippen LogP contribution is -2.16. The highest BCUT2D eigenvalue weighted by Gasteiger charge is 2.05. The van der Waals surface area contributed by atoms with Crippen molar-refractivity contribution in [1.29, 1.82) is 0 Å². The molecule has 81 valence electrons. The number of hydrogen-bond donors (Lipinski definition) is 0. The third-order valence-electron chi connectivity index (χ3n) is 2.43. The maximum absolute atomic E-state index is 3.54. The first-order valence-corrected chi connectivity index (χ1v) is 5.98. The maximum atomic E-state index is 3.54. The maximum Gasteiger partial charge on any atom is 0.0591 e. The zero-order valence-corrected chi connectivity index (χ0v) is 10.7. The van der Waals surface area contributed by atoms with Crippen molar-refractivity contribution < 1.29 is 0 Å². The minimum absolute atomic E-state index is 0.889. The third-order valence-corrected chi connectivity index (χ3v) is 3.07. The van der Waals surface area contributed by atoms with Gasteiger partial charge in [-0.3, -0.25) is 0 Å². The summed E-state index contributed by atoms with van der Waals surface area (Å²) in [5, 5.41) is 0. The molecule has 0 unspecified atom stereocenters. The first-order chi connectivity index (χ1) is 7.77. The van der Waals surface area contributed by atoms with Crippen molar-refractivity contribution in [2.45, 2.75) is 6.54 Å². The molecule has 0 bridgehead atoms. The van der Waals surface area contributed by atoms with E-state index in [1.165, 1.54) is 5.56 Å². The molecule has 0 heterocycles. The smallest absolute Gasteiger partial charge is 0.0591 e. The Morgan fingerprint density at radius 3 is 2.56 bits per heavy atom. The van der Waals surface area contributed by atoms with Crippen molar-refractivity contribution in [1.82, 2.24) is 0 Å². The highest BCUT2D eigenvalue weighted by molar-refractivity contribution is 9.10. The molecule has 1 radical (unpaired) electrons. The second kappa shape index (κ2) is 5.17. The molecule has 16 heavy (non-hydrogen) atoms. The molecular weight excluding hydrogens is 262 g/mol. The van der Waals surface area contributed by atoms with Crippen molar-refractivity contribution in [3.63, 3.8) is 0 Å². The lowest BCUT2D eigenvalue weighted by molar-refractivity contribution is 0.919. The summed E-state index contributed by atoms with van der Waals surface area (Å²) in [5.74, 6) is 0. The Balaban J connectivity index is 2.15. The van der Waals surface area contributed by atoms with E-state index in [-0.39, 0.29) is 0 Å². The molecule has 0 atom stereocenters. The van der Waals surface area contributed by atoms with Crippen molar-refractivity contribution in [2.24, 2.45) is 0 Å². The SMILES string of the molecule is CN(Cc1ccccc1)c1[c]cccc1Br. The number of para-hydroxylation sites is 1. The summed E-state index contributed by atoms with van der Waals surface area (Å²) in [5.41, 5.74) is 2.39. The molecule has 1 nitrogen and oxygen atoms in total. The normalized spacial score (nSPS) is 10.1. The van der Waals surface area contributed by atoms with Crippen LogP contribution in [-0.2, 0) is 6.54 Å². The lowest BCUT2D eigenvalue weighted by Gasteiger charge is -2.20. The number of nitrogens with zero attached hydrogens (tertiary/aromatic N) is 1. The predicted molar refractivity (Wildman–Crippen MR) is 71.5 cm³/mol. The third kappa shape index (κ3) is 2.64. The van der Waals surface area contributed by atoms with Gasteiger partial charge in [0.05, 0.1) is 5.69 Å². The lowest BCUT2D eigenvalue weighted by atomic mass is 10.2. The number of hydrogen-bond acceptors (Lipinski definition) is 1. The van der Waals surface area contributed by atoms with Gasteiger partial charge in [-0.25, -0.2) is 0 Å². The summed E-state index contributed by atoms with van der Waals surface area (Å²) in [6.07, 6.45) is 0. The Hall–Kier alpha value is -1.28. The van der Waals surface area contributed by atoms with Crippen molar-refractivity contribution >= 4 is 21.6 Å². The molecule has 0 aliphatic heterocycles. The molecule has 0 aliphatic carbocycles. The predicted octanol–water partition coefficient (Wildman–Crippen LogP) is 3.89. The fourth-order valence-electron chi connectivity index (χ4n) is 1.64. The van der Waals surface area contributed by atoms with Crippen LogP contribution in [0.5, 0.6) is 0 Å². The van der Waals surface area contributed by atoms with Gasteiger partial charge in [0.25, 0.3) is 0 Å². The minimum atomic E-state index is 0.889. The molecule has 2 aromatic carbocycles. The van der Waals surface area contributed by atoms with Gasteiger partial charge in [-0.15, -0.1) is 0 Å². The zero-order valence-electron chi connectivity index (χ0n) is 9.15. The van der Waals surface area contributed by atoms with E-state index < -0.39 is 0 Å². The largest absolute Gasteiger partial charge is 0.369 e. The molecule has 2 heteroatoms. The van der Waals surface area contributed by atoms with Crippen LogP contribution in [0.15, 0.2) is 53.0 Å². The van der Waals surface area contributed by atoms with E-state index in [1.807, 2.05) is 24.3 Å². The molecule has 0 N–H and O–H groups in total. The fourth-order valence-corrected chi connectivity index (χ4v) is 2.21. The van der Waals surface area contributed by atoms with Gasteiger partial charge in [0.2, 0.25) is 0 Å². The number of halogens is 1. The van der Waals surface area contributed by atoms with Crippen LogP contribution in [0.4, 0.5) is 5.69 Å². The van der Waals surface area contributed by atoms with E-state index in [4.69, 9.17) is 0 Å². The standard InChI is InChI=1S/C14H13BrN/c1-16(11-12-7-3-2-4-8-12)14-10-6-5-9-13(14)15/h2-9H,11H2,1H3. The molecule has 0 amide bonds. The molecule has 0 fully saturated rings. The first-order valence-electron chi connectivity index (χ1n) is 5.18. The highest BCUT2D eigenvalue weighted by Crippen LogP contribution is 2.25. The van der Waals surface area contributed by atoms with E-state index >= 15 is 0 Å². The van der Waals surface area contributed by atoms with Gasteiger partial charge in [-0.2, -0.15) is 0 Å². The van der Waals surface area contributed by atoms with Gasteiger partial charge in [-0.1, -0.05) is 42.5 Å². The summed E-state index contributed by atoms with van der Waals surface area (Å²) in [6, 6.07) is 19.6. The Morgan fingerprint density at radius 1 is 1.12 bits per heavy atom. The second-order valence-corrected chi connectivity index (χ2v) is 4.56. The van der Waals surface area contributed by atoms with Crippen LogP contribution in [0.1, 0.15) is 5.56 Å². The molecular formula is C14H13BrN. The average molecular weight is 275 g/mol. The molecule has 2 aromatic rings. The van der Waals surface area contributed by atoms with Crippen LogP contribution >= 0.6 is 15.9 Å². The first kappa shape index (κ1) is 11.2. The summed E-state index contributed by atoms with van der Waals surface area (Å²) >= 11 is 3.54. The van der Waals surface area contributed by atoms with Gasteiger partial charge in [0.1, 0.15) is 0 Å². The van der Waals surface area contributed by atoms with E-state index in [0.717, 1.165) is 16.7 Å². The Bertz CT molecular complexity index is 453. The van der Waals surface area contributed by atoms with Crippen LogP contribution in [0.2, 0.25) is 0 Å². The Morgan fingerprint density at radius 2 is 1.88 bits per heavy atom. The monoisotopic (exact) mass is 274 g/mol. The fraction of sp³-hybridized carbons (Fsp3) is 0.143. The van der Waals surface area contributed by atoms with Crippen LogP contribution in [0.25, 0.3) is 0 Å². The number of rotatable bonds is 3. The average Bonchev–Trinajstić information content (AvgIpc) is 2.31. The van der Waals surface area contributed by atoms with Crippen molar-refractivity contribution in [3.8, 4) is 0 Å². The number of anilines is 1. The van der Waals surface area contributed by atoms with Crippen LogP contribution < -0.4 is 4.90 Å². The molecule has 0 spiro atoms. The number of benzene rings is 2. The topological polar surface area (TPSA) is 3.24 Å². The second-order valence-electron chi connectivity index (χ2n) is 3.71. The van der Waals surface area contributed by atoms with Crippen LogP contribution in [0.3, 0.4) is 0 Å². The highest BCUT2D eigenvalue weighted by atomic mass is 79.9. The van der Waals surface area contributed by atoms with E-state index in [1.54, 1.807) is 0 Å². The minimum Gasteiger partial charge on any atom is -0.369 e. The summed E-state index contributed by atoms with van der Waals surface area (Å²) in [7, 11) is 2.07. The Kier molecular flexibility index (Phi) is 3.62. The summed E-state index contributed by atoms with van der Waals surface area (Å²) < 4.78 is 1.08. The van der Waals surface area contributed by atoms with E-state index in [0.29, 0.717) is 0 Å². The van der Waals surface area contributed by atoms with Gasteiger partial charge in [0, 0.05) is 24.1 Å². The van der Waals surface area contributed by atoms with Gasteiger partial charge in [0.15, 0.2) is 0 Å². The van der Waals surface area contributed by atoms with Crippen molar-refractivity contribution in [2.75, 3.05) is 11.9 Å². The van der Waals surface area contributed by atoms with Gasteiger partial charge in [-0.05, 0) is 27.6 Å². The molecule has 0 saturated carbocycles. The van der Waals surface area contributed by atoms with E-state index in [2.05, 4.69) is 58.2 Å². The molecule has 0 aromatic heterocycles. The molecule has 2 rings (SSSR count). The van der Waals surface area contributed by atoms with Crippen LogP contribution in [-0.4, -0.2) is 7.05 Å². The zero-order chi connectivity index (χ0) is 11.4. The van der Waals surface area contributed by atoms with Crippen molar-refractivity contribution in [3.05, 3.63) is 64.6 Å². The van der Waals surface area contributed by atoms with E-state index in [9.17, 15) is 0 Å². The van der Waals surface area contributed by atoms with Crippen LogP contribution in [0, 0.1) is 6.07 Å². The summed E-state index contributed by atoms with van der Waals surface area (Å²) in [6.45, 7) is 0.889. The molecule has 0 aliphatic rings.